The number of ether oxygens (including phenoxy) is 2. The molecule has 4 heteroatoms. The third-order valence-corrected chi connectivity index (χ3v) is 8.14. The van der Waals surface area contributed by atoms with Gasteiger partial charge in [0.2, 0.25) is 0 Å². The zero-order valence-electron chi connectivity index (χ0n) is 26.0. The van der Waals surface area contributed by atoms with E-state index >= 15 is 0 Å². The number of hydrogen-bond acceptors (Lipinski definition) is 4. The van der Waals surface area contributed by atoms with Gasteiger partial charge in [0.05, 0.1) is 14.2 Å². The topological polar surface area (TPSA) is 38.8 Å². The molecule has 0 fully saturated rings. The quantitative estimate of drug-likeness (QED) is 0.149. The molecule has 0 radical (unpaired) electrons. The molecule has 224 valence electrons. The number of nitrogens with zero attached hydrogens (tertiary/aromatic N) is 1. The minimum atomic E-state index is -0.226. The molecule has 1 heterocycles. The first kappa shape index (κ1) is 32.5. The summed E-state index contributed by atoms with van der Waals surface area (Å²) < 4.78 is 10.5. The van der Waals surface area contributed by atoms with Crippen LogP contribution in [-0.2, 0) is 14.3 Å². The average Bonchev–Trinajstić information content (AvgIpc) is 3.00. The molecule has 0 unspecified atom stereocenters. The van der Waals surface area contributed by atoms with Gasteiger partial charge in [-0.1, -0.05) is 134 Å². The Labute approximate surface area is 249 Å². The zero-order valence-corrected chi connectivity index (χ0v) is 26.0. The second-order valence-electron chi connectivity index (χ2n) is 11.4. The summed E-state index contributed by atoms with van der Waals surface area (Å²) in [5.74, 6) is 0.364. The molecule has 0 amide bonds. The summed E-state index contributed by atoms with van der Waals surface area (Å²) in [6.45, 7) is 3.28. The van der Waals surface area contributed by atoms with Crippen molar-refractivity contribution in [3.63, 3.8) is 0 Å². The summed E-state index contributed by atoms with van der Waals surface area (Å²) in [6, 6.07) is 8.59. The van der Waals surface area contributed by atoms with Crippen molar-refractivity contribution in [2.45, 2.75) is 110 Å². The summed E-state index contributed by atoms with van der Waals surface area (Å²) in [5, 5.41) is 0. The summed E-state index contributed by atoms with van der Waals surface area (Å²) >= 11 is 0. The Kier molecular flexibility index (Phi) is 15.2. The van der Waals surface area contributed by atoms with Gasteiger partial charge in [0.15, 0.2) is 11.5 Å². The molecule has 3 rings (SSSR count). The molecular weight excluding hydrogens is 506 g/mol. The molecule has 0 bridgehead atoms. The van der Waals surface area contributed by atoms with Crippen LogP contribution in [0, 0.1) is 0 Å². The number of Topliss-reactive ketones (excluding diaryl/α,β-unsaturated/α-hetero) is 1. The van der Waals surface area contributed by atoms with E-state index < -0.39 is 0 Å². The molecule has 1 aromatic rings. The van der Waals surface area contributed by atoms with E-state index in [1.165, 1.54) is 128 Å². The van der Waals surface area contributed by atoms with Crippen molar-refractivity contribution >= 4 is 17.5 Å². The van der Waals surface area contributed by atoms with Gasteiger partial charge < -0.3 is 14.4 Å². The van der Waals surface area contributed by atoms with Gasteiger partial charge in [-0.05, 0) is 47.9 Å². The van der Waals surface area contributed by atoms with E-state index in [2.05, 4.69) is 54.3 Å². The number of anilines is 1. The number of hydrogen-bond donors (Lipinski definition) is 0. The minimum absolute atomic E-state index is 0.226. The molecule has 1 aliphatic carbocycles. The van der Waals surface area contributed by atoms with E-state index in [9.17, 15) is 4.79 Å². The highest BCUT2D eigenvalue weighted by Gasteiger charge is 2.22. The van der Waals surface area contributed by atoms with Gasteiger partial charge in [0.1, 0.15) is 0 Å². The second kappa shape index (κ2) is 19.2. The number of fused-ring (bicyclic) bond motifs is 1. The van der Waals surface area contributed by atoms with Crippen molar-refractivity contribution in [3.8, 4) is 0 Å². The Morgan fingerprint density at radius 2 is 1.17 bits per heavy atom. The van der Waals surface area contributed by atoms with Crippen molar-refractivity contribution in [2.24, 2.45) is 0 Å². The number of benzene rings is 1. The smallest absolute Gasteiger partial charge is 0.261 e. The van der Waals surface area contributed by atoms with Crippen LogP contribution in [0.15, 0.2) is 77.4 Å². The first-order chi connectivity index (χ1) is 20.2. The maximum absolute atomic E-state index is 12.3. The molecular formula is C37H53NO3. The van der Waals surface area contributed by atoms with Crippen LogP contribution in [0.5, 0.6) is 0 Å². The molecule has 0 spiro atoms. The summed E-state index contributed by atoms with van der Waals surface area (Å²) in [5.41, 5.74) is 4.52. The predicted octanol–water partition coefficient (Wildman–Crippen LogP) is 10.2. The van der Waals surface area contributed by atoms with Gasteiger partial charge in [0.25, 0.3) is 5.78 Å². The second-order valence-corrected chi connectivity index (χ2v) is 11.4. The van der Waals surface area contributed by atoms with Crippen LogP contribution in [0.3, 0.4) is 0 Å². The fraction of sp³-hybridized carbons (Fsp3) is 0.541. The number of rotatable bonds is 20. The molecule has 0 atom stereocenters. The minimum Gasteiger partial charge on any atom is -0.492 e. The number of carbonyl (C=O) groups excluding carboxylic acids is 1. The summed E-state index contributed by atoms with van der Waals surface area (Å²) in [6.07, 6.45) is 34.1. The molecule has 41 heavy (non-hydrogen) atoms. The number of allylic oxidation sites excluding steroid dienone is 6. The molecule has 4 nitrogen and oxygen atoms in total. The third-order valence-electron chi connectivity index (χ3n) is 8.14. The van der Waals surface area contributed by atoms with Gasteiger partial charge in [-0.15, -0.1) is 0 Å². The van der Waals surface area contributed by atoms with E-state index in [0.717, 1.165) is 17.8 Å². The number of unbranched alkanes of at least 4 members (excludes halogenated alkanes) is 15. The highest BCUT2D eigenvalue weighted by molar-refractivity contribution is 6.07. The molecule has 0 N–H and O–H groups in total. The maximum Gasteiger partial charge on any atom is 0.261 e. The molecule has 1 aromatic carbocycles. The zero-order chi connectivity index (χ0) is 29.1. The fourth-order valence-electron chi connectivity index (χ4n) is 5.67. The van der Waals surface area contributed by atoms with Gasteiger partial charge >= 0.3 is 0 Å². The van der Waals surface area contributed by atoms with Gasteiger partial charge in [-0.2, -0.15) is 0 Å². The van der Waals surface area contributed by atoms with Gasteiger partial charge in [-0.25, -0.2) is 0 Å². The van der Waals surface area contributed by atoms with Crippen LogP contribution in [0.25, 0.3) is 6.08 Å². The molecule has 0 saturated heterocycles. The third kappa shape index (κ3) is 11.1. The van der Waals surface area contributed by atoms with Crippen LogP contribution < -0.4 is 4.90 Å². The van der Waals surface area contributed by atoms with Gasteiger partial charge in [-0.3, -0.25) is 4.79 Å². The number of methoxy groups -OCH3 is 2. The monoisotopic (exact) mass is 559 g/mol. The highest BCUT2D eigenvalue weighted by atomic mass is 16.5. The van der Waals surface area contributed by atoms with Crippen molar-refractivity contribution in [3.05, 3.63) is 83.0 Å². The Hall–Kier alpha value is -3.01. The lowest BCUT2D eigenvalue weighted by atomic mass is 10.0. The molecule has 0 saturated carbocycles. The van der Waals surface area contributed by atoms with E-state index in [0.29, 0.717) is 11.5 Å². The van der Waals surface area contributed by atoms with Crippen LogP contribution in [-0.4, -0.2) is 26.5 Å². The van der Waals surface area contributed by atoms with Crippen LogP contribution >= 0.6 is 0 Å². The largest absolute Gasteiger partial charge is 0.492 e. The first-order valence-electron chi connectivity index (χ1n) is 16.2. The summed E-state index contributed by atoms with van der Waals surface area (Å²) in [4.78, 5) is 14.7. The SMILES string of the molecule is CCCCCCCCCCCCCCCCCCN1/C(=C\C=C2C=C(OC)C(=O)C(OC)=C2)C=Cc2ccccc21. The standard InChI is InChI=1S/C37H53NO3/c1-4-5-6-7-8-9-10-11-12-13-14-15-16-17-18-21-28-38-33(27-25-32-22-19-20-23-34(32)38)26-24-31-29-35(40-2)37(39)36(30-31)41-3/h19-20,22-27,29-30H,4-18,21,28H2,1-3H3/b33-26-. The first-order valence-corrected chi connectivity index (χ1v) is 16.2. The average molecular weight is 560 g/mol. The molecule has 1 aliphatic heterocycles. The van der Waals surface area contributed by atoms with Crippen molar-refractivity contribution < 1.29 is 14.3 Å². The predicted molar refractivity (Wildman–Crippen MR) is 174 cm³/mol. The van der Waals surface area contributed by atoms with E-state index in [1.807, 2.05) is 6.08 Å². The van der Waals surface area contributed by atoms with Crippen molar-refractivity contribution in [2.75, 3.05) is 25.7 Å². The van der Waals surface area contributed by atoms with Crippen LogP contribution in [0.2, 0.25) is 0 Å². The van der Waals surface area contributed by atoms with Crippen LogP contribution in [0.4, 0.5) is 5.69 Å². The fourth-order valence-corrected chi connectivity index (χ4v) is 5.67. The Balaban J connectivity index is 1.41. The maximum atomic E-state index is 12.3. The highest BCUT2D eigenvalue weighted by Crippen LogP contribution is 2.31. The van der Waals surface area contributed by atoms with E-state index in [1.54, 1.807) is 12.2 Å². The lowest BCUT2D eigenvalue weighted by molar-refractivity contribution is -0.117. The summed E-state index contributed by atoms with van der Waals surface area (Å²) in [7, 11) is 3.03. The normalized spacial score (nSPS) is 15.6. The Bertz CT molecular complexity index is 1070. The van der Waals surface area contributed by atoms with Crippen molar-refractivity contribution in [1.82, 2.24) is 0 Å². The molecule has 0 aromatic heterocycles. The van der Waals surface area contributed by atoms with E-state index in [4.69, 9.17) is 9.47 Å². The number of ketones is 1. The van der Waals surface area contributed by atoms with Gasteiger partial charge in [0, 0.05) is 17.9 Å². The van der Waals surface area contributed by atoms with Crippen LogP contribution in [0.1, 0.15) is 115 Å². The lowest BCUT2D eigenvalue weighted by Gasteiger charge is -2.30. The number of carbonyl (C=O) groups is 1. The Morgan fingerprint density at radius 3 is 1.71 bits per heavy atom. The molecule has 2 aliphatic rings. The number of para-hydroxylation sites is 1. The van der Waals surface area contributed by atoms with E-state index in [-0.39, 0.29) is 5.78 Å². The van der Waals surface area contributed by atoms with Crippen molar-refractivity contribution in [1.29, 1.82) is 0 Å². The lowest BCUT2D eigenvalue weighted by Crippen LogP contribution is -2.25. The Morgan fingerprint density at radius 1 is 0.659 bits per heavy atom.